The average molecular weight is 262 g/mol. The van der Waals surface area contributed by atoms with Crippen molar-refractivity contribution in [3.63, 3.8) is 0 Å². The highest BCUT2D eigenvalue weighted by atomic mass is 16.5. The SMILES string of the molecule is CCC(C)Oc1ccc(C(=O)N2CCC(N)C2)cc1. The topological polar surface area (TPSA) is 55.6 Å². The van der Waals surface area contributed by atoms with Crippen molar-refractivity contribution >= 4 is 5.91 Å². The van der Waals surface area contributed by atoms with E-state index in [1.165, 1.54) is 0 Å². The van der Waals surface area contributed by atoms with E-state index in [9.17, 15) is 4.79 Å². The number of amides is 1. The first-order chi connectivity index (χ1) is 9.10. The maximum absolute atomic E-state index is 12.2. The Morgan fingerprint density at radius 2 is 2.16 bits per heavy atom. The Morgan fingerprint density at radius 3 is 2.68 bits per heavy atom. The maximum atomic E-state index is 12.2. The van der Waals surface area contributed by atoms with E-state index in [1.807, 2.05) is 36.1 Å². The van der Waals surface area contributed by atoms with Crippen molar-refractivity contribution in [2.75, 3.05) is 13.1 Å². The smallest absolute Gasteiger partial charge is 0.253 e. The summed E-state index contributed by atoms with van der Waals surface area (Å²) in [5, 5.41) is 0. The second kappa shape index (κ2) is 6.06. The van der Waals surface area contributed by atoms with Crippen molar-refractivity contribution in [2.45, 2.75) is 38.8 Å². The monoisotopic (exact) mass is 262 g/mol. The summed E-state index contributed by atoms with van der Waals surface area (Å²) in [7, 11) is 0. The van der Waals surface area contributed by atoms with E-state index in [1.54, 1.807) is 0 Å². The fourth-order valence-electron chi connectivity index (χ4n) is 2.15. The molecule has 0 spiro atoms. The zero-order valence-electron chi connectivity index (χ0n) is 11.6. The summed E-state index contributed by atoms with van der Waals surface area (Å²) in [6.45, 7) is 5.53. The molecule has 0 radical (unpaired) electrons. The summed E-state index contributed by atoms with van der Waals surface area (Å²) in [6.07, 6.45) is 2.05. The minimum atomic E-state index is 0.0584. The van der Waals surface area contributed by atoms with Crippen molar-refractivity contribution < 1.29 is 9.53 Å². The van der Waals surface area contributed by atoms with Gasteiger partial charge < -0.3 is 15.4 Å². The summed E-state index contributed by atoms with van der Waals surface area (Å²) in [4.78, 5) is 14.0. The molecule has 4 heteroatoms. The Morgan fingerprint density at radius 1 is 1.47 bits per heavy atom. The zero-order valence-corrected chi connectivity index (χ0v) is 11.6. The van der Waals surface area contributed by atoms with Gasteiger partial charge in [0.05, 0.1) is 6.10 Å². The summed E-state index contributed by atoms with van der Waals surface area (Å²) in [5.74, 6) is 0.868. The van der Waals surface area contributed by atoms with Gasteiger partial charge >= 0.3 is 0 Å². The molecule has 0 aromatic heterocycles. The number of nitrogens with two attached hydrogens (primary N) is 1. The molecule has 1 aliphatic heterocycles. The molecule has 104 valence electrons. The van der Waals surface area contributed by atoms with Crippen LogP contribution in [0.25, 0.3) is 0 Å². The van der Waals surface area contributed by atoms with Crippen molar-refractivity contribution in [3.05, 3.63) is 29.8 Å². The van der Waals surface area contributed by atoms with Crippen LogP contribution < -0.4 is 10.5 Å². The number of benzene rings is 1. The lowest BCUT2D eigenvalue weighted by molar-refractivity contribution is 0.0791. The largest absolute Gasteiger partial charge is 0.491 e. The molecule has 2 rings (SSSR count). The van der Waals surface area contributed by atoms with Gasteiger partial charge in [-0.1, -0.05) is 6.92 Å². The van der Waals surface area contributed by atoms with Crippen LogP contribution in [0.15, 0.2) is 24.3 Å². The van der Waals surface area contributed by atoms with Crippen LogP contribution in [0.3, 0.4) is 0 Å². The molecule has 0 bridgehead atoms. The highest BCUT2D eigenvalue weighted by molar-refractivity contribution is 5.94. The predicted molar refractivity (Wildman–Crippen MR) is 75.3 cm³/mol. The third kappa shape index (κ3) is 3.47. The Balaban J connectivity index is 2.00. The molecular formula is C15H22N2O2. The lowest BCUT2D eigenvalue weighted by atomic mass is 10.2. The number of likely N-dealkylation sites (tertiary alicyclic amines) is 1. The van der Waals surface area contributed by atoms with Crippen molar-refractivity contribution in [3.8, 4) is 5.75 Å². The highest BCUT2D eigenvalue weighted by Gasteiger charge is 2.24. The van der Waals surface area contributed by atoms with E-state index < -0.39 is 0 Å². The fraction of sp³-hybridized carbons (Fsp3) is 0.533. The third-order valence-electron chi connectivity index (χ3n) is 3.53. The van der Waals surface area contributed by atoms with Crippen molar-refractivity contribution in [1.29, 1.82) is 0 Å². The quantitative estimate of drug-likeness (QED) is 0.903. The normalized spacial score (nSPS) is 20.4. The average Bonchev–Trinajstić information content (AvgIpc) is 2.85. The maximum Gasteiger partial charge on any atom is 0.253 e. The van der Waals surface area contributed by atoms with Crippen LogP contribution in [-0.2, 0) is 0 Å². The molecule has 4 nitrogen and oxygen atoms in total. The van der Waals surface area contributed by atoms with Crippen LogP contribution >= 0.6 is 0 Å². The Labute approximate surface area is 114 Å². The van der Waals surface area contributed by atoms with Crippen LogP contribution in [-0.4, -0.2) is 36.0 Å². The molecule has 1 amide bonds. The van der Waals surface area contributed by atoms with E-state index in [-0.39, 0.29) is 18.1 Å². The van der Waals surface area contributed by atoms with Gasteiger partial charge in [-0.3, -0.25) is 4.79 Å². The lowest BCUT2D eigenvalue weighted by Crippen LogP contribution is -2.31. The summed E-state index contributed by atoms with van der Waals surface area (Å²) < 4.78 is 5.70. The number of hydrogen-bond donors (Lipinski definition) is 1. The molecule has 0 aliphatic carbocycles. The number of hydrogen-bond acceptors (Lipinski definition) is 3. The molecular weight excluding hydrogens is 240 g/mol. The summed E-state index contributed by atoms with van der Waals surface area (Å²) in [5.41, 5.74) is 6.52. The van der Waals surface area contributed by atoms with E-state index in [4.69, 9.17) is 10.5 Å². The fourth-order valence-corrected chi connectivity index (χ4v) is 2.15. The van der Waals surface area contributed by atoms with Crippen molar-refractivity contribution in [1.82, 2.24) is 4.90 Å². The van der Waals surface area contributed by atoms with Crippen LogP contribution in [0.2, 0.25) is 0 Å². The third-order valence-corrected chi connectivity index (χ3v) is 3.53. The van der Waals surface area contributed by atoms with Crippen molar-refractivity contribution in [2.24, 2.45) is 5.73 Å². The molecule has 2 N–H and O–H groups in total. The Hall–Kier alpha value is -1.55. The number of rotatable bonds is 4. The van der Waals surface area contributed by atoms with Gasteiger partial charge in [-0.2, -0.15) is 0 Å². The van der Waals surface area contributed by atoms with E-state index in [2.05, 4.69) is 6.92 Å². The minimum Gasteiger partial charge on any atom is -0.491 e. The first-order valence-electron chi connectivity index (χ1n) is 6.91. The number of ether oxygens (including phenoxy) is 1. The molecule has 1 aromatic rings. The van der Waals surface area contributed by atoms with Gasteiger partial charge in [-0.15, -0.1) is 0 Å². The number of carbonyl (C=O) groups is 1. The van der Waals surface area contributed by atoms with Gasteiger partial charge in [-0.25, -0.2) is 0 Å². The zero-order chi connectivity index (χ0) is 13.8. The molecule has 1 aliphatic rings. The second-order valence-corrected chi connectivity index (χ2v) is 5.16. The standard InChI is InChI=1S/C15H22N2O2/c1-3-11(2)19-14-6-4-12(5-7-14)15(18)17-9-8-13(16)10-17/h4-7,11,13H,3,8-10,16H2,1-2H3. The Kier molecular flexibility index (Phi) is 4.43. The molecule has 1 fully saturated rings. The van der Waals surface area contributed by atoms with Gasteiger partial charge in [0.25, 0.3) is 5.91 Å². The first kappa shape index (κ1) is 13.9. The van der Waals surface area contributed by atoms with Gasteiger partial charge in [0.1, 0.15) is 5.75 Å². The molecule has 19 heavy (non-hydrogen) atoms. The summed E-state index contributed by atoms with van der Waals surface area (Å²) >= 11 is 0. The lowest BCUT2D eigenvalue weighted by Gasteiger charge is -2.16. The van der Waals surface area contributed by atoms with Gasteiger partial charge in [-0.05, 0) is 44.0 Å². The Bertz CT molecular complexity index is 430. The van der Waals surface area contributed by atoms with Crippen LogP contribution in [0.4, 0.5) is 0 Å². The van der Waals surface area contributed by atoms with E-state index in [0.29, 0.717) is 12.1 Å². The molecule has 1 aromatic carbocycles. The number of carbonyl (C=O) groups excluding carboxylic acids is 1. The number of nitrogens with zero attached hydrogens (tertiary/aromatic N) is 1. The first-order valence-corrected chi connectivity index (χ1v) is 6.91. The van der Waals surface area contributed by atoms with E-state index in [0.717, 1.165) is 25.1 Å². The van der Waals surface area contributed by atoms with Gasteiger partial charge in [0.15, 0.2) is 0 Å². The van der Waals surface area contributed by atoms with Gasteiger partial charge in [0, 0.05) is 24.7 Å². The van der Waals surface area contributed by atoms with E-state index >= 15 is 0 Å². The minimum absolute atomic E-state index is 0.0584. The summed E-state index contributed by atoms with van der Waals surface area (Å²) in [6, 6.07) is 7.48. The molecule has 0 saturated carbocycles. The predicted octanol–water partition coefficient (Wildman–Crippen LogP) is 2.04. The second-order valence-electron chi connectivity index (χ2n) is 5.16. The molecule has 1 saturated heterocycles. The highest BCUT2D eigenvalue weighted by Crippen LogP contribution is 2.17. The van der Waals surface area contributed by atoms with Gasteiger partial charge in [0.2, 0.25) is 0 Å². The molecule has 1 heterocycles. The molecule has 2 atom stereocenters. The van der Waals surface area contributed by atoms with Crippen LogP contribution in [0, 0.1) is 0 Å². The molecule has 2 unspecified atom stereocenters. The van der Waals surface area contributed by atoms with Crippen LogP contribution in [0.1, 0.15) is 37.0 Å². The van der Waals surface area contributed by atoms with Crippen LogP contribution in [0.5, 0.6) is 5.75 Å².